The number of carbonyl (C=O) groups is 2. The summed E-state index contributed by atoms with van der Waals surface area (Å²) >= 11 is 0. The van der Waals surface area contributed by atoms with E-state index in [9.17, 15) is 9.59 Å². The van der Waals surface area contributed by atoms with Gasteiger partial charge in [0, 0.05) is 19.3 Å². The largest absolute Gasteiger partial charge is 0.513 e. The molecule has 0 spiro atoms. The Bertz CT molecular complexity index is 838. The van der Waals surface area contributed by atoms with E-state index in [1.807, 2.05) is 0 Å². The van der Waals surface area contributed by atoms with Crippen molar-refractivity contribution >= 4 is 11.9 Å². The molecule has 3 N–H and O–H groups in total. The summed E-state index contributed by atoms with van der Waals surface area (Å²) in [5.74, 6) is -0.592. The van der Waals surface area contributed by atoms with E-state index >= 15 is 0 Å². The third-order valence-corrected chi connectivity index (χ3v) is 9.34. The molecular formula is C46H87NO7. The van der Waals surface area contributed by atoms with Gasteiger partial charge in [-0.3, -0.25) is 14.5 Å². The van der Waals surface area contributed by atoms with Crippen molar-refractivity contribution in [3.63, 3.8) is 0 Å². The molecule has 0 aliphatic carbocycles. The van der Waals surface area contributed by atoms with Gasteiger partial charge in [-0.2, -0.15) is 0 Å². The molecule has 0 aromatic carbocycles. The molecule has 2 atom stereocenters. The first-order valence-corrected chi connectivity index (χ1v) is 22.1. The van der Waals surface area contributed by atoms with Crippen LogP contribution in [0.2, 0.25) is 0 Å². The number of ether oxygens (including phenoxy) is 2. The fraction of sp³-hybridized carbons (Fsp3) is 0.826. The van der Waals surface area contributed by atoms with Crippen molar-refractivity contribution in [1.82, 2.24) is 4.90 Å². The molecule has 0 radical (unpaired) electrons. The predicted octanol–water partition coefficient (Wildman–Crippen LogP) is 12.8. The van der Waals surface area contributed by atoms with Gasteiger partial charge in [0.25, 0.3) is 0 Å². The highest BCUT2D eigenvalue weighted by molar-refractivity contribution is 5.71. The van der Waals surface area contributed by atoms with Crippen molar-refractivity contribution in [3.05, 3.63) is 36.6 Å². The quantitative estimate of drug-likeness (QED) is 0.0257. The Balaban J connectivity index is 0. The van der Waals surface area contributed by atoms with Crippen molar-refractivity contribution in [2.75, 3.05) is 27.2 Å². The average Bonchev–Trinajstić information content (AvgIpc) is 3.55. The molecule has 0 saturated carbocycles. The van der Waals surface area contributed by atoms with E-state index < -0.39 is 12.3 Å². The van der Waals surface area contributed by atoms with Crippen LogP contribution in [0, 0.1) is 0 Å². The number of esters is 1. The second-order valence-electron chi connectivity index (χ2n) is 15.3. The molecule has 1 rings (SSSR count). The van der Waals surface area contributed by atoms with Gasteiger partial charge in [-0.05, 0) is 84.7 Å². The Morgan fingerprint density at radius 2 is 1.02 bits per heavy atom. The Kier molecular flexibility index (Phi) is 43.5. The third-order valence-electron chi connectivity index (χ3n) is 9.34. The number of allylic oxidation sites excluding steroid dienone is 5. The Hall–Kier alpha value is -2.16. The van der Waals surface area contributed by atoms with Gasteiger partial charge in [0.15, 0.2) is 6.29 Å². The molecule has 54 heavy (non-hydrogen) atoms. The molecule has 8 nitrogen and oxygen atoms in total. The van der Waals surface area contributed by atoms with Crippen LogP contribution in [0.25, 0.3) is 0 Å². The summed E-state index contributed by atoms with van der Waals surface area (Å²) in [7, 11) is 3.61. The molecular weight excluding hydrogens is 679 g/mol. The molecule has 0 bridgehead atoms. The lowest BCUT2D eigenvalue weighted by Crippen LogP contribution is -2.27. The number of hydrogen-bond acceptors (Lipinski definition) is 7. The zero-order valence-electron chi connectivity index (χ0n) is 35.7. The number of unbranched alkanes of at least 4 members (excludes halogenated alkanes) is 22. The normalized spacial score (nSPS) is 15.3. The number of hydrogen-bond donors (Lipinski definition) is 3. The van der Waals surface area contributed by atoms with Crippen LogP contribution in [0.4, 0.5) is 0 Å². The van der Waals surface area contributed by atoms with Gasteiger partial charge in [0.1, 0.15) is 6.61 Å². The minimum atomic E-state index is -0.687. The second kappa shape index (κ2) is 43.6. The summed E-state index contributed by atoms with van der Waals surface area (Å²) in [5.41, 5.74) is 0. The maximum Gasteiger partial charge on any atom is 0.320 e. The molecule has 1 aliphatic heterocycles. The lowest BCUT2D eigenvalue weighted by atomic mass is 10.1. The summed E-state index contributed by atoms with van der Waals surface area (Å²) in [6.45, 7) is 8.55. The fourth-order valence-electron chi connectivity index (χ4n) is 6.05. The lowest BCUT2D eigenvalue weighted by Gasteiger charge is -2.13. The van der Waals surface area contributed by atoms with Crippen LogP contribution in [-0.2, 0) is 19.1 Å². The highest BCUT2D eigenvalue weighted by Crippen LogP contribution is 2.17. The van der Waals surface area contributed by atoms with Gasteiger partial charge in [0.05, 0.1) is 18.4 Å². The number of carboxylic acid groups (broad SMARTS) is 1. The highest BCUT2D eigenvalue weighted by Gasteiger charge is 2.24. The standard InChI is InChI=1S/C19H36O.C18H34O2.C9H17NO4/c1-3-4-5-6-7-8-9-10-11-12-13-14-15-16-17-18-19(2)20;1-2-3-4-5-6-7-8-9-10-11-12-13-14-15-16-17-18(19)20;1-10(2)5-9(12)13-6-7-3-4-8(11)14-7/h10-11,20H,2-9,12-18H2,1H3;9-10H,2-8,11-17H2,1H3,(H,19,20);7-8,11H,3-6H2,1-2H3/b11-10-;10-9-;. The number of aliphatic hydroxyl groups is 2. The van der Waals surface area contributed by atoms with E-state index in [2.05, 4.69) is 44.7 Å². The molecule has 8 heteroatoms. The summed E-state index contributed by atoms with van der Waals surface area (Å²) in [6.07, 6.45) is 44.4. The van der Waals surface area contributed by atoms with Crippen molar-refractivity contribution in [3.8, 4) is 0 Å². The molecule has 0 amide bonds. The van der Waals surface area contributed by atoms with E-state index in [0.717, 1.165) is 32.1 Å². The summed E-state index contributed by atoms with van der Waals surface area (Å²) in [4.78, 5) is 23.2. The molecule has 1 aliphatic rings. The summed E-state index contributed by atoms with van der Waals surface area (Å²) in [5, 5.41) is 26.5. The van der Waals surface area contributed by atoms with Crippen molar-refractivity contribution < 1.29 is 34.4 Å². The average molecular weight is 766 g/mol. The zero-order chi connectivity index (χ0) is 40.3. The first kappa shape index (κ1) is 53.9. The molecule has 1 fully saturated rings. The molecule has 1 heterocycles. The monoisotopic (exact) mass is 766 g/mol. The number of rotatable bonds is 34. The van der Waals surface area contributed by atoms with E-state index in [-0.39, 0.29) is 25.2 Å². The van der Waals surface area contributed by atoms with E-state index in [0.29, 0.717) is 18.6 Å². The molecule has 318 valence electrons. The van der Waals surface area contributed by atoms with Gasteiger partial charge in [-0.1, -0.05) is 147 Å². The topological polar surface area (TPSA) is 117 Å². The minimum Gasteiger partial charge on any atom is -0.513 e. The first-order valence-electron chi connectivity index (χ1n) is 22.1. The Labute approximate surface area is 333 Å². The minimum absolute atomic E-state index is 0.142. The predicted molar refractivity (Wildman–Crippen MR) is 228 cm³/mol. The number of aliphatic carboxylic acids is 1. The first-order chi connectivity index (χ1) is 26.1. The summed E-state index contributed by atoms with van der Waals surface area (Å²) < 4.78 is 10.0. The highest BCUT2D eigenvalue weighted by atomic mass is 16.6. The van der Waals surface area contributed by atoms with E-state index in [4.69, 9.17) is 24.8 Å². The SMILES string of the molecule is C=C(O)CCCCCCC/C=C\CCCCCCCC.CCCCCCCC/C=C\CCCCCCCC(=O)O.CN(C)CC(=O)OCC1CCC(O)O1. The van der Waals surface area contributed by atoms with Crippen LogP contribution in [0.5, 0.6) is 0 Å². The number of nitrogens with zero attached hydrogens (tertiary/aromatic N) is 1. The molecule has 0 aromatic heterocycles. The van der Waals surface area contributed by atoms with Gasteiger partial charge < -0.3 is 24.8 Å². The van der Waals surface area contributed by atoms with Gasteiger partial charge in [-0.15, -0.1) is 0 Å². The van der Waals surface area contributed by atoms with Crippen LogP contribution < -0.4 is 0 Å². The Morgan fingerprint density at radius 3 is 1.37 bits per heavy atom. The zero-order valence-corrected chi connectivity index (χ0v) is 35.7. The number of carboxylic acids is 1. The van der Waals surface area contributed by atoms with Gasteiger partial charge >= 0.3 is 11.9 Å². The van der Waals surface area contributed by atoms with E-state index in [1.165, 1.54) is 148 Å². The van der Waals surface area contributed by atoms with Crippen molar-refractivity contribution in [2.24, 2.45) is 0 Å². The maximum atomic E-state index is 11.1. The molecule has 0 aromatic rings. The van der Waals surface area contributed by atoms with Crippen LogP contribution in [0.3, 0.4) is 0 Å². The molecule has 1 saturated heterocycles. The smallest absolute Gasteiger partial charge is 0.320 e. The Morgan fingerprint density at radius 1 is 0.630 bits per heavy atom. The number of likely N-dealkylation sites (N-methyl/N-ethyl adjacent to an activating group) is 1. The van der Waals surface area contributed by atoms with Crippen molar-refractivity contribution in [1.29, 1.82) is 0 Å². The number of carbonyl (C=O) groups excluding carboxylic acids is 1. The van der Waals surface area contributed by atoms with Crippen LogP contribution in [0.1, 0.15) is 206 Å². The summed E-state index contributed by atoms with van der Waals surface area (Å²) in [6, 6.07) is 0. The second-order valence-corrected chi connectivity index (χ2v) is 15.3. The van der Waals surface area contributed by atoms with Gasteiger partial charge in [-0.25, -0.2) is 0 Å². The lowest BCUT2D eigenvalue weighted by molar-refractivity contribution is -0.153. The van der Waals surface area contributed by atoms with Gasteiger partial charge in [0.2, 0.25) is 0 Å². The van der Waals surface area contributed by atoms with Crippen LogP contribution in [-0.4, -0.2) is 71.8 Å². The number of aliphatic hydroxyl groups excluding tert-OH is 2. The van der Waals surface area contributed by atoms with Crippen LogP contribution in [0.15, 0.2) is 36.6 Å². The van der Waals surface area contributed by atoms with Crippen molar-refractivity contribution in [2.45, 2.75) is 219 Å². The fourth-order valence-corrected chi connectivity index (χ4v) is 6.05. The maximum absolute atomic E-state index is 11.1. The third kappa shape index (κ3) is 47.9. The molecule has 2 unspecified atom stereocenters. The van der Waals surface area contributed by atoms with E-state index in [1.54, 1.807) is 19.0 Å². The van der Waals surface area contributed by atoms with Crippen LogP contribution >= 0.6 is 0 Å².